The Morgan fingerprint density at radius 3 is 1.79 bits per heavy atom. The van der Waals surface area contributed by atoms with Gasteiger partial charge in [0.2, 0.25) is 5.91 Å². The zero-order valence-corrected chi connectivity index (χ0v) is 19.9. The molecule has 0 rings (SSSR count). The van der Waals surface area contributed by atoms with Crippen LogP contribution in [0.5, 0.6) is 0 Å². The summed E-state index contributed by atoms with van der Waals surface area (Å²) in [4.78, 5) is 23.0. The highest BCUT2D eigenvalue weighted by Crippen LogP contribution is 2.06. The van der Waals surface area contributed by atoms with Crippen molar-refractivity contribution in [3.63, 3.8) is 0 Å². The van der Waals surface area contributed by atoms with E-state index in [0.29, 0.717) is 19.1 Å². The molecule has 0 heterocycles. The molecule has 0 saturated heterocycles. The van der Waals surface area contributed by atoms with Crippen LogP contribution >= 0.6 is 0 Å². The lowest BCUT2D eigenvalue weighted by molar-refractivity contribution is -0.131. The normalized spacial score (nSPS) is 16.0. The summed E-state index contributed by atoms with van der Waals surface area (Å²) in [5.41, 5.74) is 0. The summed E-state index contributed by atoms with van der Waals surface area (Å²) in [5, 5.41) is 40.0. The van der Waals surface area contributed by atoms with Crippen LogP contribution in [0.25, 0.3) is 0 Å². The summed E-state index contributed by atoms with van der Waals surface area (Å²) in [6, 6.07) is -1.36. The Morgan fingerprint density at radius 2 is 1.30 bits per heavy atom. The monoisotopic (exact) mass is 465 g/mol. The molecule has 5 N–H and O–H groups in total. The summed E-state index contributed by atoms with van der Waals surface area (Å²) < 4.78 is 0. The largest absolute Gasteiger partial charge is 0.394 e. The molecule has 188 valence electrons. The minimum absolute atomic E-state index is 0.160. The van der Waals surface area contributed by atoms with E-state index in [0.717, 1.165) is 19.3 Å². The van der Waals surface area contributed by atoms with Crippen molar-refractivity contribution in [2.45, 2.75) is 95.5 Å². The molecule has 0 saturated carbocycles. The third-order valence-corrected chi connectivity index (χ3v) is 5.01. The van der Waals surface area contributed by atoms with E-state index in [9.17, 15) is 24.9 Å². The summed E-state index contributed by atoms with van der Waals surface area (Å²) in [7, 11) is 0. The molecule has 0 aromatic carbocycles. The molecule has 7 heteroatoms. The Balaban J connectivity index is 3.90. The number of rotatable bonds is 20. The van der Waals surface area contributed by atoms with E-state index in [-0.39, 0.29) is 6.42 Å². The lowest BCUT2D eigenvalue weighted by Gasteiger charge is -2.26. The number of carbonyl (C=O) groups excluding carboxylic acids is 2. The van der Waals surface area contributed by atoms with Gasteiger partial charge >= 0.3 is 0 Å². The van der Waals surface area contributed by atoms with Crippen LogP contribution in [0.4, 0.5) is 0 Å². The van der Waals surface area contributed by atoms with Gasteiger partial charge in [-0.3, -0.25) is 4.79 Å². The molecule has 1 amide bonds. The lowest BCUT2D eigenvalue weighted by atomic mass is 10.0. The average molecular weight is 466 g/mol. The summed E-state index contributed by atoms with van der Waals surface area (Å²) >= 11 is 0. The van der Waals surface area contributed by atoms with Crippen LogP contribution in [-0.2, 0) is 9.59 Å². The van der Waals surface area contributed by atoms with Crippen molar-refractivity contribution in [3.05, 3.63) is 48.6 Å². The number of aliphatic hydroxyl groups excluding tert-OH is 4. The maximum atomic E-state index is 11.9. The molecule has 0 aromatic rings. The van der Waals surface area contributed by atoms with Crippen molar-refractivity contribution >= 4 is 12.2 Å². The first kappa shape index (κ1) is 30.9. The van der Waals surface area contributed by atoms with Gasteiger partial charge in [-0.25, -0.2) is 0 Å². The molecule has 0 aliphatic carbocycles. The smallest absolute Gasteiger partial charge is 0.220 e. The van der Waals surface area contributed by atoms with E-state index < -0.39 is 36.9 Å². The number of allylic oxidation sites excluding steroid dienone is 8. The molecule has 0 aliphatic rings. The van der Waals surface area contributed by atoms with Gasteiger partial charge in [0.1, 0.15) is 30.6 Å². The predicted molar refractivity (Wildman–Crippen MR) is 132 cm³/mol. The maximum absolute atomic E-state index is 11.9. The minimum atomic E-state index is -1.74. The Bertz CT molecular complexity index is 614. The van der Waals surface area contributed by atoms with E-state index in [4.69, 9.17) is 5.11 Å². The summed E-state index contributed by atoms with van der Waals surface area (Å²) in [6.45, 7) is 1.44. The van der Waals surface area contributed by atoms with Crippen LogP contribution in [-0.4, -0.2) is 63.6 Å². The first-order valence-corrected chi connectivity index (χ1v) is 12.0. The quantitative estimate of drug-likeness (QED) is 0.107. The van der Waals surface area contributed by atoms with E-state index in [1.165, 1.54) is 25.7 Å². The second kappa shape index (κ2) is 21.8. The molecule has 0 bridgehead atoms. The highest BCUT2D eigenvalue weighted by molar-refractivity contribution is 5.79. The highest BCUT2D eigenvalue weighted by atomic mass is 16.4. The topological polar surface area (TPSA) is 127 Å². The number of carbonyl (C=O) groups is 2. The average Bonchev–Trinajstić information content (AvgIpc) is 2.82. The van der Waals surface area contributed by atoms with E-state index in [2.05, 4.69) is 48.7 Å². The molecule has 7 nitrogen and oxygen atoms in total. The van der Waals surface area contributed by atoms with Crippen LogP contribution in [0.3, 0.4) is 0 Å². The summed E-state index contributed by atoms with van der Waals surface area (Å²) in [5.74, 6) is -0.437. The summed E-state index contributed by atoms with van der Waals surface area (Å²) in [6.07, 6.45) is 21.4. The van der Waals surface area contributed by atoms with E-state index >= 15 is 0 Å². The van der Waals surface area contributed by atoms with Gasteiger partial charge in [-0.15, -0.1) is 0 Å². The van der Waals surface area contributed by atoms with Crippen molar-refractivity contribution < 1.29 is 30.0 Å². The number of nitrogens with one attached hydrogen (secondary N) is 1. The molecular weight excluding hydrogens is 422 g/mol. The molecule has 0 radical (unpaired) electrons. The predicted octanol–water partition coefficient (Wildman–Crippen LogP) is 2.89. The lowest BCUT2D eigenvalue weighted by Crippen LogP contribution is -2.53. The third kappa shape index (κ3) is 17.1. The second-order valence-electron chi connectivity index (χ2n) is 7.94. The molecular formula is C26H43NO6. The van der Waals surface area contributed by atoms with Crippen LogP contribution < -0.4 is 5.32 Å². The van der Waals surface area contributed by atoms with Gasteiger partial charge < -0.3 is 30.5 Å². The van der Waals surface area contributed by atoms with E-state index in [1.807, 2.05) is 12.2 Å². The maximum Gasteiger partial charge on any atom is 0.220 e. The minimum Gasteiger partial charge on any atom is -0.394 e. The first-order valence-electron chi connectivity index (χ1n) is 12.0. The SMILES string of the molecule is CCCCC/C=C\C/C=C\C/C=C\C/C=C\CCCC(=O)N[C@@H](C=O)[C@@H](O)[C@H](O)[C@H](O)CO. The molecule has 0 fully saturated rings. The zero-order chi connectivity index (χ0) is 24.7. The van der Waals surface area contributed by atoms with Crippen molar-refractivity contribution in [3.8, 4) is 0 Å². The zero-order valence-electron chi connectivity index (χ0n) is 19.9. The number of aldehydes is 1. The van der Waals surface area contributed by atoms with Crippen LogP contribution in [0.1, 0.15) is 71.1 Å². The fourth-order valence-electron chi connectivity index (χ4n) is 2.95. The number of hydrogen-bond donors (Lipinski definition) is 5. The van der Waals surface area contributed by atoms with Gasteiger partial charge in [0.25, 0.3) is 0 Å². The second-order valence-corrected chi connectivity index (χ2v) is 7.94. The van der Waals surface area contributed by atoms with Gasteiger partial charge in [-0.1, -0.05) is 68.4 Å². The highest BCUT2D eigenvalue weighted by Gasteiger charge is 2.31. The van der Waals surface area contributed by atoms with Gasteiger partial charge in [-0.05, 0) is 44.9 Å². The van der Waals surface area contributed by atoms with Crippen molar-refractivity contribution in [2.75, 3.05) is 6.61 Å². The molecule has 0 aromatic heterocycles. The van der Waals surface area contributed by atoms with Crippen molar-refractivity contribution in [2.24, 2.45) is 0 Å². The molecule has 33 heavy (non-hydrogen) atoms. The van der Waals surface area contributed by atoms with Crippen LogP contribution in [0, 0.1) is 0 Å². The van der Waals surface area contributed by atoms with Gasteiger partial charge in [-0.2, -0.15) is 0 Å². The fourth-order valence-corrected chi connectivity index (χ4v) is 2.95. The van der Waals surface area contributed by atoms with Gasteiger partial charge in [0.15, 0.2) is 0 Å². The first-order chi connectivity index (χ1) is 16.0. The molecule has 0 spiro atoms. The standard InChI is InChI=1S/C26H43NO6/c1-2-3-4-5-6-7-8-9-10-11-12-13-14-15-16-17-18-19-24(31)27-22(20-28)25(32)26(33)23(30)21-29/h6-7,9-10,12-13,15-16,20,22-23,25-26,29-30,32-33H,2-5,8,11,14,17-19,21H2,1H3,(H,27,31)/b7-6-,10-9-,13-12-,16-15-/t22-,23+,25+,26+/m0/s1. The van der Waals surface area contributed by atoms with Crippen LogP contribution in [0.2, 0.25) is 0 Å². The molecule has 0 unspecified atom stereocenters. The number of amides is 1. The van der Waals surface area contributed by atoms with Gasteiger partial charge in [0, 0.05) is 6.42 Å². The molecule has 4 atom stereocenters. The fraction of sp³-hybridized carbons (Fsp3) is 0.615. The van der Waals surface area contributed by atoms with Gasteiger partial charge in [0.05, 0.1) is 6.61 Å². The Kier molecular flexibility index (Phi) is 20.4. The third-order valence-electron chi connectivity index (χ3n) is 5.01. The van der Waals surface area contributed by atoms with Crippen LogP contribution in [0.15, 0.2) is 48.6 Å². The number of unbranched alkanes of at least 4 members (excludes halogenated alkanes) is 4. The Labute approximate surface area is 198 Å². The van der Waals surface area contributed by atoms with Crippen molar-refractivity contribution in [1.82, 2.24) is 5.32 Å². The Hall–Kier alpha value is -2.06. The molecule has 0 aliphatic heterocycles. The van der Waals surface area contributed by atoms with Crippen molar-refractivity contribution in [1.29, 1.82) is 0 Å². The number of aliphatic hydroxyl groups is 4. The van der Waals surface area contributed by atoms with E-state index in [1.54, 1.807) is 0 Å². The Morgan fingerprint density at radius 1 is 0.788 bits per heavy atom. The number of hydrogen-bond acceptors (Lipinski definition) is 6.